The second-order valence-corrected chi connectivity index (χ2v) is 3.92. The van der Waals surface area contributed by atoms with E-state index in [0.29, 0.717) is 23.1 Å². The van der Waals surface area contributed by atoms with E-state index < -0.39 is 0 Å². The van der Waals surface area contributed by atoms with Crippen LogP contribution >= 0.6 is 11.6 Å². The quantitative estimate of drug-likeness (QED) is 0.903. The third-order valence-electron chi connectivity index (χ3n) is 2.41. The Labute approximate surface area is 110 Å². The number of hydrogen-bond donors (Lipinski definition) is 1. The number of hydrogen-bond acceptors (Lipinski definition) is 5. The number of benzene rings is 1. The van der Waals surface area contributed by atoms with Crippen LogP contribution in [0.1, 0.15) is 5.76 Å². The van der Waals surface area contributed by atoms with Gasteiger partial charge >= 0.3 is 0 Å². The van der Waals surface area contributed by atoms with Gasteiger partial charge in [-0.2, -0.15) is 0 Å². The third-order valence-corrected chi connectivity index (χ3v) is 2.71. The summed E-state index contributed by atoms with van der Waals surface area (Å²) in [6, 6.07) is 3.47. The van der Waals surface area contributed by atoms with Crippen LogP contribution in [-0.4, -0.2) is 19.2 Å². The number of aromatic nitrogens is 1. The molecule has 0 fully saturated rings. The van der Waals surface area contributed by atoms with Crippen LogP contribution in [0.3, 0.4) is 0 Å². The van der Waals surface area contributed by atoms with Crippen LogP contribution in [0.15, 0.2) is 29.1 Å². The molecule has 96 valence electrons. The summed E-state index contributed by atoms with van der Waals surface area (Å²) in [7, 11) is 3.14. The number of halogens is 1. The molecule has 0 aliphatic carbocycles. The molecule has 18 heavy (non-hydrogen) atoms. The SMILES string of the molecule is COc1cc(OC)c(NCc2cnco2)cc1Cl. The number of ether oxygens (including phenoxy) is 2. The predicted molar refractivity (Wildman–Crippen MR) is 68.4 cm³/mol. The topological polar surface area (TPSA) is 56.5 Å². The summed E-state index contributed by atoms with van der Waals surface area (Å²) in [5, 5.41) is 3.67. The highest BCUT2D eigenvalue weighted by molar-refractivity contribution is 6.32. The van der Waals surface area contributed by atoms with Gasteiger partial charge in [-0.25, -0.2) is 4.98 Å². The highest BCUT2D eigenvalue weighted by Gasteiger charge is 2.10. The fourth-order valence-electron chi connectivity index (χ4n) is 1.51. The Kier molecular flexibility index (Phi) is 3.94. The molecular weight excluding hydrogens is 256 g/mol. The molecule has 0 atom stereocenters. The van der Waals surface area contributed by atoms with E-state index in [1.165, 1.54) is 6.39 Å². The standard InChI is InChI=1S/C12H13ClN2O3/c1-16-11-4-12(17-2)10(3-9(11)13)15-6-8-5-14-7-18-8/h3-5,7,15H,6H2,1-2H3. The number of nitrogens with one attached hydrogen (secondary N) is 1. The van der Waals surface area contributed by atoms with Crippen molar-refractivity contribution in [3.05, 3.63) is 35.5 Å². The van der Waals surface area contributed by atoms with Gasteiger partial charge in [0.15, 0.2) is 6.39 Å². The summed E-state index contributed by atoms with van der Waals surface area (Å²) in [5.74, 6) is 1.94. The van der Waals surface area contributed by atoms with Crippen LogP contribution in [-0.2, 0) is 6.54 Å². The van der Waals surface area contributed by atoms with E-state index in [1.807, 2.05) is 0 Å². The van der Waals surface area contributed by atoms with E-state index in [-0.39, 0.29) is 0 Å². The van der Waals surface area contributed by atoms with E-state index in [0.717, 1.165) is 11.4 Å². The van der Waals surface area contributed by atoms with Gasteiger partial charge in [0, 0.05) is 6.07 Å². The molecule has 0 unspecified atom stereocenters. The average Bonchev–Trinajstić information content (AvgIpc) is 2.89. The van der Waals surface area contributed by atoms with Crippen LogP contribution < -0.4 is 14.8 Å². The lowest BCUT2D eigenvalue weighted by atomic mass is 10.2. The molecule has 2 aromatic rings. The normalized spacial score (nSPS) is 10.2. The fraction of sp³-hybridized carbons (Fsp3) is 0.250. The first-order chi connectivity index (χ1) is 8.74. The Morgan fingerprint density at radius 3 is 2.67 bits per heavy atom. The van der Waals surface area contributed by atoms with E-state index in [4.69, 9.17) is 25.5 Å². The van der Waals surface area contributed by atoms with Crippen LogP contribution in [0, 0.1) is 0 Å². The van der Waals surface area contributed by atoms with Gasteiger partial charge in [0.2, 0.25) is 0 Å². The van der Waals surface area contributed by atoms with Crippen molar-refractivity contribution in [3.63, 3.8) is 0 Å². The lowest BCUT2D eigenvalue weighted by Crippen LogP contribution is -2.01. The first-order valence-electron chi connectivity index (χ1n) is 5.27. The molecule has 1 N–H and O–H groups in total. The maximum atomic E-state index is 6.06. The van der Waals surface area contributed by atoms with Crippen molar-refractivity contribution in [2.45, 2.75) is 6.54 Å². The van der Waals surface area contributed by atoms with Gasteiger partial charge in [-0.15, -0.1) is 0 Å². The summed E-state index contributed by atoms with van der Waals surface area (Å²) in [4.78, 5) is 3.84. The molecule has 1 heterocycles. The molecule has 0 bridgehead atoms. The van der Waals surface area contributed by atoms with Gasteiger partial charge in [0.05, 0.1) is 37.7 Å². The number of anilines is 1. The lowest BCUT2D eigenvalue weighted by Gasteiger charge is -2.13. The van der Waals surface area contributed by atoms with Crippen LogP contribution in [0.4, 0.5) is 5.69 Å². The molecule has 0 spiro atoms. The number of oxazole rings is 1. The van der Waals surface area contributed by atoms with Gasteiger partial charge < -0.3 is 19.2 Å². The minimum Gasteiger partial charge on any atom is -0.495 e. The first kappa shape index (κ1) is 12.6. The minimum atomic E-state index is 0.499. The molecule has 0 aliphatic heterocycles. The molecule has 1 aromatic carbocycles. The summed E-state index contributed by atoms with van der Waals surface area (Å²) >= 11 is 6.06. The van der Waals surface area contributed by atoms with Crippen molar-refractivity contribution < 1.29 is 13.9 Å². The Bertz CT molecular complexity index is 514. The van der Waals surface area contributed by atoms with Crippen molar-refractivity contribution in [2.75, 3.05) is 19.5 Å². The molecule has 0 aliphatic rings. The summed E-state index contributed by atoms with van der Waals surface area (Å²) in [6.07, 6.45) is 3.03. The molecule has 0 amide bonds. The number of methoxy groups -OCH3 is 2. The van der Waals surface area contributed by atoms with E-state index in [1.54, 1.807) is 32.5 Å². The molecule has 0 saturated carbocycles. The molecule has 0 saturated heterocycles. The van der Waals surface area contributed by atoms with Gasteiger partial charge in [-0.05, 0) is 6.07 Å². The molecule has 5 nitrogen and oxygen atoms in total. The monoisotopic (exact) mass is 268 g/mol. The first-order valence-corrected chi connectivity index (χ1v) is 5.65. The molecule has 6 heteroatoms. The van der Waals surface area contributed by atoms with Crippen LogP contribution in [0.2, 0.25) is 5.02 Å². The maximum Gasteiger partial charge on any atom is 0.180 e. The fourth-order valence-corrected chi connectivity index (χ4v) is 1.75. The maximum absolute atomic E-state index is 6.06. The molecule has 1 aromatic heterocycles. The Morgan fingerprint density at radius 2 is 2.06 bits per heavy atom. The number of rotatable bonds is 5. The molecule has 2 rings (SSSR count). The van der Waals surface area contributed by atoms with Gasteiger partial charge in [0.25, 0.3) is 0 Å². The number of nitrogens with zero attached hydrogens (tertiary/aromatic N) is 1. The van der Waals surface area contributed by atoms with Crippen LogP contribution in [0.25, 0.3) is 0 Å². The highest BCUT2D eigenvalue weighted by atomic mass is 35.5. The van der Waals surface area contributed by atoms with E-state index >= 15 is 0 Å². The Balaban J connectivity index is 2.18. The van der Waals surface area contributed by atoms with Crippen LogP contribution in [0.5, 0.6) is 11.5 Å². The van der Waals surface area contributed by atoms with Crippen molar-refractivity contribution in [2.24, 2.45) is 0 Å². The van der Waals surface area contributed by atoms with E-state index in [9.17, 15) is 0 Å². The van der Waals surface area contributed by atoms with Gasteiger partial charge in [-0.3, -0.25) is 0 Å². The third kappa shape index (κ3) is 2.68. The zero-order chi connectivity index (χ0) is 13.0. The predicted octanol–water partition coefficient (Wildman–Crippen LogP) is 2.96. The summed E-state index contributed by atoms with van der Waals surface area (Å²) in [5.41, 5.74) is 0.764. The van der Waals surface area contributed by atoms with Gasteiger partial charge in [-0.1, -0.05) is 11.6 Å². The lowest BCUT2D eigenvalue weighted by molar-refractivity contribution is 0.395. The zero-order valence-corrected chi connectivity index (χ0v) is 10.8. The summed E-state index contributed by atoms with van der Waals surface area (Å²) < 4.78 is 15.5. The van der Waals surface area contributed by atoms with Crippen molar-refractivity contribution in [1.82, 2.24) is 4.98 Å². The summed E-state index contributed by atoms with van der Waals surface area (Å²) in [6.45, 7) is 0.499. The molecule has 0 radical (unpaired) electrons. The smallest absolute Gasteiger partial charge is 0.180 e. The van der Waals surface area contributed by atoms with Crippen molar-refractivity contribution in [1.29, 1.82) is 0 Å². The van der Waals surface area contributed by atoms with Crippen molar-refractivity contribution in [3.8, 4) is 11.5 Å². The second-order valence-electron chi connectivity index (χ2n) is 3.51. The second kappa shape index (κ2) is 5.64. The zero-order valence-electron chi connectivity index (χ0n) is 10.1. The molecular formula is C12H13ClN2O3. The minimum absolute atomic E-state index is 0.499. The Morgan fingerprint density at radius 1 is 1.28 bits per heavy atom. The largest absolute Gasteiger partial charge is 0.495 e. The van der Waals surface area contributed by atoms with E-state index in [2.05, 4.69) is 10.3 Å². The highest BCUT2D eigenvalue weighted by Crippen LogP contribution is 2.35. The Hall–Kier alpha value is -1.88. The van der Waals surface area contributed by atoms with Gasteiger partial charge in [0.1, 0.15) is 17.3 Å². The van der Waals surface area contributed by atoms with Crippen molar-refractivity contribution >= 4 is 17.3 Å². The average molecular weight is 269 g/mol.